The number of rotatable bonds is 6. The average molecular weight is 410 g/mol. The Bertz CT molecular complexity index is 783. The van der Waals surface area contributed by atoms with Crippen molar-refractivity contribution in [1.29, 1.82) is 0 Å². The number of carbonyl (C=O) groups is 3. The predicted octanol–water partition coefficient (Wildman–Crippen LogP) is 1.89. The van der Waals surface area contributed by atoms with Crippen LogP contribution in [-0.2, 0) is 14.3 Å². The molecule has 0 radical (unpaired) electrons. The smallest absolute Gasteiger partial charge is 0.340 e. The summed E-state index contributed by atoms with van der Waals surface area (Å²) < 4.78 is 18.2. The third-order valence-corrected chi connectivity index (χ3v) is 3.28. The molecular weight excluding hydrogens is 397 g/mol. The zero-order valence-corrected chi connectivity index (χ0v) is 14.4. The van der Waals surface area contributed by atoms with Crippen molar-refractivity contribution >= 4 is 39.4 Å². The van der Waals surface area contributed by atoms with E-state index in [1.54, 1.807) is 0 Å². The summed E-state index contributed by atoms with van der Waals surface area (Å²) in [6, 6.07) is 6.68. The van der Waals surface area contributed by atoms with E-state index in [9.17, 15) is 18.8 Å². The highest BCUT2D eigenvalue weighted by molar-refractivity contribution is 9.10. The van der Waals surface area contributed by atoms with Gasteiger partial charge in [-0.15, -0.1) is 0 Å². The molecule has 2 N–H and O–H groups in total. The van der Waals surface area contributed by atoms with Gasteiger partial charge < -0.3 is 15.4 Å². The molecule has 0 fully saturated rings. The summed E-state index contributed by atoms with van der Waals surface area (Å²) in [6.07, 6.45) is 2.81. The molecule has 0 saturated carbocycles. The Balaban J connectivity index is 1.72. The zero-order valence-electron chi connectivity index (χ0n) is 12.8. The van der Waals surface area contributed by atoms with Gasteiger partial charge in [0.25, 0.3) is 5.91 Å². The Labute approximate surface area is 150 Å². The summed E-state index contributed by atoms with van der Waals surface area (Å²) in [5, 5.41) is 4.79. The minimum atomic E-state index is -0.709. The standard InChI is InChI=1S/C16H13BrFN3O4/c17-11-5-10(6-19-7-11)16(24)25-9-15(23)20-8-14(22)21-13-3-1-12(18)2-4-13/h1-7H,8-9H2,(H,20,23)(H,21,22). The molecule has 0 unspecified atom stereocenters. The van der Waals surface area contributed by atoms with Gasteiger partial charge in [-0.2, -0.15) is 0 Å². The molecule has 0 saturated heterocycles. The van der Waals surface area contributed by atoms with Crippen LogP contribution in [0, 0.1) is 5.82 Å². The third-order valence-electron chi connectivity index (χ3n) is 2.85. The first-order chi connectivity index (χ1) is 11.9. The summed E-state index contributed by atoms with van der Waals surface area (Å²) in [5.41, 5.74) is 0.588. The Morgan fingerprint density at radius 1 is 1.12 bits per heavy atom. The van der Waals surface area contributed by atoms with Gasteiger partial charge in [-0.3, -0.25) is 14.6 Å². The highest BCUT2D eigenvalue weighted by Gasteiger charge is 2.12. The van der Waals surface area contributed by atoms with Gasteiger partial charge in [0.05, 0.1) is 12.1 Å². The number of esters is 1. The van der Waals surface area contributed by atoms with E-state index < -0.39 is 30.2 Å². The molecule has 2 aromatic rings. The van der Waals surface area contributed by atoms with Gasteiger partial charge in [-0.25, -0.2) is 9.18 Å². The Kier molecular flexibility index (Phi) is 6.58. The van der Waals surface area contributed by atoms with Crippen LogP contribution in [0.1, 0.15) is 10.4 Å². The summed E-state index contributed by atoms with van der Waals surface area (Å²) in [7, 11) is 0. The Morgan fingerprint density at radius 3 is 2.52 bits per heavy atom. The number of benzene rings is 1. The molecule has 25 heavy (non-hydrogen) atoms. The number of pyridine rings is 1. The van der Waals surface area contributed by atoms with Gasteiger partial charge in [-0.1, -0.05) is 0 Å². The topological polar surface area (TPSA) is 97.4 Å². The van der Waals surface area contributed by atoms with Crippen LogP contribution < -0.4 is 10.6 Å². The molecule has 0 aliphatic heterocycles. The second-order valence-electron chi connectivity index (χ2n) is 4.80. The van der Waals surface area contributed by atoms with Crippen LogP contribution in [0.3, 0.4) is 0 Å². The number of nitrogens with zero attached hydrogens (tertiary/aromatic N) is 1. The molecule has 1 heterocycles. The number of anilines is 1. The highest BCUT2D eigenvalue weighted by Crippen LogP contribution is 2.10. The molecule has 9 heteroatoms. The summed E-state index contributed by atoms with van der Waals surface area (Å²) in [5.74, 6) is -2.26. The fourth-order valence-electron chi connectivity index (χ4n) is 1.71. The second-order valence-corrected chi connectivity index (χ2v) is 5.72. The van der Waals surface area contributed by atoms with Crippen LogP contribution in [0.4, 0.5) is 10.1 Å². The van der Waals surface area contributed by atoms with Crippen molar-refractivity contribution < 1.29 is 23.5 Å². The Hall–Kier alpha value is -2.81. The Morgan fingerprint density at radius 2 is 1.84 bits per heavy atom. The SMILES string of the molecule is O=C(COC(=O)c1cncc(Br)c1)NCC(=O)Nc1ccc(F)cc1. The van der Waals surface area contributed by atoms with Gasteiger partial charge in [0.1, 0.15) is 5.82 Å². The molecule has 1 aromatic carbocycles. The van der Waals surface area contributed by atoms with Crippen molar-refractivity contribution in [3.63, 3.8) is 0 Å². The minimum Gasteiger partial charge on any atom is -0.452 e. The number of carbonyl (C=O) groups excluding carboxylic acids is 3. The molecule has 7 nitrogen and oxygen atoms in total. The number of hydrogen-bond acceptors (Lipinski definition) is 5. The number of nitrogens with one attached hydrogen (secondary N) is 2. The third kappa shape index (κ3) is 6.30. The van der Waals surface area contributed by atoms with Crippen molar-refractivity contribution in [3.05, 3.63) is 58.6 Å². The van der Waals surface area contributed by atoms with Crippen LogP contribution >= 0.6 is 15.9 Å². The minimum absolute atomic E-state index is 0.191. The zero-order chi connectivity index (χ0) is 18.2. The highest BCUT2D eigenvalue weighted by atomic mass is 79.9. The molecule has 0 atom stereocenters. The fourth-order valence-corrected chi connectivity index (χ4v) is 2.07. The van der Waals surface area contributed by atoms with Crippen LogP contribution in [0.25, 0.3) is 0 Å². The largest absolute Gasteiger partial charge is 0.452 e. The lowest BCUT2D eigenvalue weighted by atomic mass is 10.3. The molecule has 1 aromatic heterocycles. The monoisotopic (exact) mass is 409 g/mol. The van der Waals surface area contributed by atoms with E-state index in [0.717, 1.165) is 0 Å². The van der Waals surface area contributed by atoms with E-state index in [1.807, 2.05) is 0 Å². The maximum atomic E-state index is 12.8. The maximum Gasteiger partial charge on any atom is 0.340 e. The van der Waals surface area contributed by atoms with Crippen molar-refractivity contribution in [2.24, 2.45) is 0 Å². The number of ether oxygens (including phenoxy) is 1. The number of aromatic nitrogens is 1. The first-order valence-electron chi connectivity index (χ1n) is 7.04. The molecular formula is C16H13BrFN3O4. The summed E-state index contributed by atoms with van der Waals surface area (Å²) in [4.78, 5) is 38.8. The molecule has 0 bridgehead atoms. The van der Waals surface area contributed by atoms with E-state index in [4.69, 9.17) is 4.74 Å². The quantitative estimate of drug-likeness (QED) is 0.710. The molecule has 2 amide bonds. The van der Waals surface area contributed by atoms with Gasteiger partial charge in [0.15, 0.2) is 6.61 Å². The lowest BCUT2D eigenvalue weighted by molar-refractivity contribution is -0.126. The van der Waals surface area contributed by atoms with Crippen LogP contribution in [0.2, 0.25) is 0 Å². The molecule has 0 aliphatic carbocycles. The normalized spacial score (nSPS) is 10.0. The molecule has 130 valence electrons. The van der Waals surface area contributed by atoms with Gasteiger partial charge >= 0.3 is 5.97 Å². The molecule has 0 aliphatic rings. The van der Waals surface area contributed by atoms with Gasteiger partial charge in [-0.05, 0) is 46.3 Å². The first kappa shape index (κ1) is 18.5. The molecule has 0 spiro atoms. The lowest BCUT2D eigenvalue weighted by Crippen LogP contribution is -2.35. The van der Waals surface area contributed by atoms with Crippen molar-refractivity contribution in [3.8, 4) is 0 Å². The maximum absolute atomic E-state index is 12.8. The van der Waals surface area contributed by atoms with Crippen molar-refractivity contribution in [2.75, 3.05) is 18.5 Å². The predicted molar refractivity (Wildman–Crippen MR) is 90.3 cm³/mol. The molecule has 2 rings (SSSR count). The first-order valence-corrected chi connectivity index (χ1v) is 7.83. The number of hydrogen-bond donors (Lipinski definition) is 2. The average Bonchev–Trinajstić information content (AvgIpc) is 2.60. The van der Waals surface area contributed by atoms with E-state index in [1.165, 1.54) is 42.7 Å². The summed E-state index contributed by atoms with van der Waals surface area (Å²) >= 11 is 3.17. The van der Waals surface area contributed by atoms with Crippen molar-refractivity contribution in [1.82, 2.24) is 10.3 Å². The van der Waals surface area contributed by atoms with E-state index in [-0.39, 0.29) is 12.1 Å². The number of amides is 2. The van der Waals surface area contributed by atoms with Crippen LogP contribution in [-0.4, -0.2) is 35.9 Å². The lowest BCUT2D eigenvalue weighted by Gasteiger charge is -2.08. The van der Waals surface area contributed by atoms with Gasteiger partial charge in [0, 0.05) is 22.6 Å². The van der Waals surface area contributed by atoms with E-state index in [0.29, 0.717) is 10.2 Å². The number of halogens is 2. The van der Waals surface area contributed by atoms with Crippen LogP contribution in [0.15, 0.2) is 47.2 Å². The van der Waals surface area contributed by atoms with Crippen molar-refractivity contribution in [2.45, 2.75) is 0 Å². The van der Waals surface area contributed by atoms with Crippen LogP contribution in [0.5, 0.6) is 0 Å². The fraction of sp³-hybridized carbons (Fsp3) is 0.125. The second kappa shape index (κ2) is 8.88. The van der Waals surface area contributed by atoms with Gasteiger partial charge in [0.2, 0.25) is 5.91 Å². The summed E-state index contributed by atoms with van der Waals surface area (Å²) in [6.45, 7) is -0.846. The van der Waals surface area contributed by atoms with E-state index >= 15 is 0 Å². The van der Waals surface area contributed by atoms with E-state index in [2.05, 4.69) is 31.5 Å².